The van der Waals surface area contributed by atoms with Crippen molar-refractivity contribution in [1.82, 2.24) is 24.1 Å². The van der Waals surface area contributed by atoms with Crippen molar-refractivity contribution in [1.29, 1.82) is 0 Å². The topological polar surface area (TPSA) is 72.5 Å². The van der Waals surface area contributed by atoms with Crippen LogP contribution >= 0.6 is 11.8 Å². The first-order valence-corrected chi connectivity index (χ1v) is 12.8. The van der Waals surface area contributed by atoms with E-state index in [1.54, 1.807) is 4.57 Å². The second kappa shape index (κ2) is 9.25. The Balaban J connectivity index is 1.57. The molecule has 1 aliphatic carbocycles. The maximum Gasteiger partial charge on any atom is 0.267 e. The first-order chi connectivity index (χ1) is 16.5. The summed E-state index contributed by atoms with van der Waals surface area (Å²) in [5.74, 6) is 1.53. The van der Waals surface area contributed by atoms with Crippen LogP contribution in [0.25, 0.3) is 22.4 Å². The van der Waals surface area contributed by atoms with Crippen LogP contribution in [0.3, 0.4) is 0 Å². The Labute approximate surface area is 202 Å². The van der Waals surface area contributed by atoms with Gasteiger partial charge >= 0.3 is 0 Å². The van der Waals surface area contributed by atoms with Crippen LogP contribution in [0.4, 0.5) is 0 Å². The van der Waals surface area contributed by atoms with Crippen LogP contribution in [0.15, 0.2) is 52.4 Å². The van der Waals surface area contributed by atoms with Gasteiger partial charge in [0.05, 0.1) is 22.3 Å². The van der Waals surface area contributed by atoms with Crippen molar-refractivity contribution in [2.75, 3.05) is 18.8 Å². The van der Waals surface area contributed by atoms with Crippen LogP contribution < -0.4 is 5.56 Å². The number of thioether (sulfide) groups is 1. The van der Waals surface area contributed by atoms with Gasteiger partial charge in [-0.2, -0.15) is 0 Å². The van der Waals surface area contributed by atoms with E-state index in [-0.39, 0.29) is 11.5 Å². The van der Waals surface area contributed by atoms with E-state index in [0.717, 1.165) is 41.8 Å². The number of hydrogen-bond acceptors (Lipinski definition) is 5. The van der Waals surface area contributed by atoms with E-state index in [1.165, 1.54) is 24.6 Å². The Morgan fingerprint density at radius 3 is 2.68 bits per heavy atom. The predicted molar refractivity (Wildman–Crippen MR) is 136 cm³/mol. The molecule has 0 bridgehead atoms. The molecule has 5 rings (SSSR count). The second-order valence-corrected chi connectivity index (χ2v) is 10.1. The fourth-order valence-corrected chi connectivity index (χ4v) is 5.31. The molecule has 0 spiro atoms. The molecule has 2 heterocycles. The third kappa shape index (κ3) is 4.22. The van der Waals surface area contributed by atoms with Crippen molar-refractivity contribution in [3.63, 3.8) is 0 Å². The summed E-state index contributed by atoms with van der Waals surface area (Å²) in [5, 5.41) is 10.0. The van der Waals surface area contributed by atoms with Gasteiger partial charge in [-0.15, -0.1) is 10.2 Å². The molecule has 2 aromatic heterocycles. The maximum atomic E-state index is 13.5. The predicted octanol–water partition coefficient (Wildman–Crippen LogP) is 4.39. The standard InChI is InChI=1S/C26H29N5O2S/c1-4-13-29(15-19-10-11-19)23(32)16-34-26-28-27-25-30(21-12-9-17(2)14-18(21)3)24(33)20-7-5-6-8-22(20)31(25)26/h5-9,12,14,19H,4,10-11,13,15-16H2,1-3H3. The number of aryl methyl sites for hydroxylation is 2. The largest absolute Gasteiger partial charge is 0.342 e. The van der Waals surface area contributed by atoms with Gasteiger partial charge in [0, 0.05) is 13.1 Å². The summed E-state index contributed by atoms with van der Waals surface area (Å²) in [6.07, 6.45) is 3.39. The Kier molecular flexibility index (Phi) is 6.16. The lowest BCUT2D eigenvalue weighted by molar-refractivity contribution is -0.128. The molecule has 8 heteroatoms. The first-order valence-electron chi connectivity index (χ1n) is 11.8. The number of carbonyl (C=O) groups excluding carboxylic acids is 1. The molecule has 0 radical (unpaired) electrons. The molecular weight excluding hydrogens is 446 g/mol. The molecule has 0 N–H and O–H groups in total. The summed E-state index contributed by atoms with van der Waals surface area (Å²) in [4.78, 5) is 28.5. The van der Waals surface area contributed by atoms with Gasteiger partial charge in [-0.05, 0) is 62.8 Å². The number of aromatic nitrogens is 4. The molecule has 7 nitrogen and oxygen atoms in total. The van der Waals surface area contributed by atoms with Crippen LogP contribution in [0.1, 0.15) is 37.3 Å². The van der Waals surface area contributed by atoms with Gasteiger partial charge in [0.25, 0.3) is 5.56 Å². The first kappa shape index (κ1) is 22.7. The SMILES string of the molecule is CCCN(CC1CC1)C(=O)CSc1nnc2n(-c3ccc(C)cc3C)c(=O)c3ccccc3n12. The summed E-state index contributed by atoms with van der Waals surface area (Å²) in [7, 11) is 0. The number of fused-ring (bicyclic) bond motifs is 3. The van der Waals surface area contributed by atoms with Gasteiger partial charge in [-0.25, -0.2) is 4.57 Å². The molecule has 0 atom stereocenters. The van der Waals surface area contributed by atoms with E-state index in [4.69, 9.17) is 0 Å². The number of amides is 1. The van der Waals surface area contributed by atoms with Crippen molar-refractivity contribution >= 4 is 34.3 Å². The highest BCUT2D eigenvalue weighted by Crippen LogP contribution is 2.30. The fourth-order valence-electron chi connectivity index (χ4n) is 4.46. The minimum Gasteiger partial charge on any atom is -0.342 e. The van der Waals surface area contributed by atoms with Crippen LogP contribution in [-0.2, 0) is 4.79 Å². The van der Waals surface area contributed by atoms with Gasteiger partial charge in [0.15, 0.2) is 5.16 Å². The minimum absolute atomic E-state index is 0.127. The number of rotatable bonds is 8. The molecule has 4 aromatic rings. The zero-order valence-electron chi connectivity index (χ0n) is 19.8. The Morgan fingerprint density at radius 2 is 1.94 bits per heavy atom. The molecule has 1 fully saturated rings. The van der Waals surface area contributed by atoms with Gasteiger partial charge in [0.2, 0.25) is 11.7 Å². The summed E-state index contributed by atoms with van der Waals surface area (Å²) in [5.41, 5.74) is 3.51. The Morgan fingerprint density at radius 1 is 1.15 bits per heavy atom. The average molecular weight is 476 g/mol. The molecule has 0 saturated heterocycles. The number of para-hydroxylation sites is 1. The van der Waals surface area contributed by atoms with Crippen molar-refractivity contribution < 1.29 is 4.79 Å². The maximum absolute atomic E-state index is 13.5. The highest BCUT2D eigenvalue weighted by molar-refractivity contribution is 7.99. The normalized spacial score (nSPS) is 13.6. The fraction of sp³-hybridized carbons (Fsp3) is 0.385. The lowest BCUT2D eigenvalue weighted by Gasteiger charge is -2.21. The van der Waals surface area contributed by atoms with Crippen molar-refractivity contribution in [3.8, 4) is 5.69 Å². The second-order valence-electron chi connectivity index (χ2n) is 9.14. The monoisotopic (exact) mass is 475 g/mol. The van der Waals surface area contributed by atoms with Gasteiger partial charge in [-0.3, -0.25) is 14.0 Å². The molecule has 1 saturated carbocycles. The molecular formula is C26H29N5O2S. The number of nitrogens with zero attached hydrogens (tertiary/aromatic N) is 5. The van der Waals surface area contributed by atoms with E-state index in [0.29, 0.717) is 28.0 Å². The third-order valence-electron chi connectivity index (χ3n) is 6.33. The van der Waals surface area contributed by atoms with E-state index in [2.05, 4.69) is 23.2 Å². The summed E-state index contributed by atoms with van der Waals surface area (Å²) in [6.45, 7) is 7.76. The number of hydrogen-bond donors (Lipinski definition) is 0. The third-order valence-corrected chi connectivity index (χ3v) is 7.25. The molecule has 1 aliphatic rings. The lowest BCUT2D eigenvalue weighted by atomic mass is 10.1. The molecule has 34 heavy (non-hydrogen) atoms. The van der Waals surface area contributed by atoms with Crippen LogP contribution in [0, 0.1) is 19.8 Å². The minimum atomic E-state index is -0.131. The summed E-state index contributed by atoms with van der Waals surface area (Å²) in [6, 6.07) is 13.5. The average Bonchev–Trinajstić information content (AvgIpc) is 3.55. The van der Waals surface area contributed by atoms with Crippen molar-refractivity contribution in [2.24, 2.45) is 5.92 Å². The van der Waals surface area contributed by atoms with E-state index >= 15 is 0 Å². The lowest BCUT2D eigenvalue weighted by Crippen LogP contribution is -2.35. The smallest absolute Gasteiger partial charge is 0.267 e. The Hall–Kier alpha value is -3.13. The van der Waals surface area contributed by atoms with Crippen LogP contribution in [-0.4, -0.2) is 48.8 Å². The van der Waals surface area contributed by atoms with Crippen molar-refractivity contribution in [2.45, 2.75) is 45.2 Å². The summed E-state index contributed by atoms with van der Waals surface area (Å²) >= 11 is 1.38. The van der Waals surface area contributed by atoms with Gasteiger partial charge < -0.3 is 4.90 Å². The molecule has 1 amide bonds. The molecule has 0 unspecified atom stereocenters. The van der Waals surface area contributed by atoms with Gasteiger partial charge in [0.1, 0.15) is 0 Å². The quantitative estimate of drug-likeness (QED) is 0.354. The Bertz CT molecular complexity index is 1440. The van der Waals surface area contributed by atoms with Crippen molar-refractivity contribution in [3.05, 3.63) is 63.9 Å². The number of benzene rings is 2. The van der Waals surface area contributed by atoms with E-state index < -0.39 is 0 Å². The highest BCUT2D eigenvalue weighted by Gasteiger charge is 2.27. The zero-order valence-corrected chi connectivity index (χ0v) is 20.6. The van der Waals surface area contributed by atoms with E-state index in [9.17, 15) is 9.59 Å². The van der Waals surface area contributed by atoms with Gasteiger partial charge in [-0.1, -0.05) is 48.5 Å². The van der Waals surface area contributed by atoms with E-state index in [1.807, 2.05) is 59.5 Å². The zero-order chi connectivity index (χ0) is 23.8. The van der Waals surface area contributed by atoms with Crippen LogP contribution in [0.5, 0.6) is 0 Å². The molecule has 2 aromatic carbocycles. The summed E-state index contributed by atoms with van der Waals surface area (Å²) < 4.78 is 3.53. The van der Waals surface area contributed by atoms with Crippen LogP contribution in [0.2, 0.25) is 0 Å². The highest BCUT2D eigenvalue weighted by atomic mass is 32.2. The molecule has 0 aliphatic heterocycles. The number of carbonyl (C=O) groups is 1. The molecule has 176 valence electrons.